The van der Waals surface area contributed by atoms with Crippen molar-refractivity contribution in [1.82, 2.24) is 0 Å². The van der Waals surface area contributed by atoms with Gasteiger partial charge in [-0.3, -0.25) is 0 Å². The van der Waals surface area contributed by atoms with Gasteiger partial charge in [-0.2, -0.15) is 0 Å². The van der Waals surface area contributed by atoms with Gasteiger partial charge in [0.25, 0.3) is 0 Å². The maximum Gasteiger partial charge on any atom is 0.0721 e. The fourth-order valence-corrected chi connectivity index (χ4v) is 3.44. The third kappa shape index (κ3) is 9.00. The highest BCUT2D eigenvalue weighted by Crippen LogP contribution is 2.41. The number of aliphatic hydroxyl groups excluding tert-OH is 3. The van der Waals surface area contributed by atoms with E-state index in [1.165, 1.54) is 12.8 Å². The number of aliphatic hydroxyl groups is 3. The van der Waals surface area contributed by atoms with Gasteiger partial charge in [0.05, 0.1) is 12.2 Å². The van der Waals surface area contributed by atoms with Gasteiger partial charge in [0.2, 0.25) is 0 Å². The molecule has 3 nitrogen and oxygen atoms in total. The van der Waals surface area contributed by atoms with Crippen molar-refractivity contribution in [3.05, 3.63) is 24.3 Å². The van der Waals surface area contributed by atoms with E-state index in [1.54, 1.807) is 0 Å². The van der Waals surface area contributed by atoms with Crippen LogP contribution in [-0.4, -0.2) is 34.1 Å². The van der Waals surface area contributed by atoms with Crippen molar-refractivity contribution >= 4 is 0 Å². The summed E-state index contributed by atoms with van der Waals surface area (Å²) in [5, 5.41) is 28.8. The maximum atomic E-state index is 10.2. The Morgan fingerprint density at radius 2 is 1.83 bits per heavy atom. The molecule has 3 N–H and O–H groups in total. The second-order valence-electron chi connectivity index (χ2n) is 7.41. The molecule has 0 bridgehead atoms. The summed E-state index contributed by atoms with van der Waals surface area (Å²) in [6.45, 7) is 2.45. The third-order valence-electron chi connectivity index (χ3n) is 5.20. The monoisotopic (exact) mass is 338 g/mol. The molecule has 0 radical (unpaired) electrons. The molecule has 140 valence electrons. The summed E-state index contributed by atoms with van der Waals surface area (Å²) in [6, 6.07) is 0. The quantitative estimate of drug-likeness (QED) is 0.362. The van der Waals surface area contributed by atoms with Gasteiger partial charge in [-0.05, 0) is 63.2 Å². The standard InChI is InChI=1S/C21H38O3/c1-2-3-7-10-19(23)11-15-21(16-12-20(24)13-17-21)14-8-5-4-6-9-18-22/h5,8,11,15,19-20,22-24H,2-4,6-7,9-10,12-14,16-18H2,1H3/b8-5+,15-11+. The van der Waals surface area contributed by atoms with Crippen LogP contribution in [0.1, 0.15) is 84.0 Å². The van der Waals surface area contributed by atoms with E-state index < -0.39 is 0 Å². The summed E-state index contributed by atoms with van der Waals surface area (Å²) in [5.41, 5.74) is 0.0957. The summed E-state index contributed by atoms with van der Waals surface area (Å²) >= 11 is 0. The summed E-state index contributed by atoms with van der Waals surface area (Å²) in [6.07, 6.45) is 20.1. The average Bonchev–Trinajstić information content (AvgIpc) is 2.59. The van der Waals surface area contributed by atoms with Crippen LogP contribution >= 0.6 is 0 Å². The van der Waals surface area contributed by atoms with Crippen LogP contribution < -0.4 is 0 Å². The first-order chi connectivity index (χ1) is 11.6. The SMILES string of the molecule is CCCCCC(O)/C=C/C1(C/C=C/CCCCO)CCC(O)CC1. The van der Waals surface area contributed by atoms with Gasteiger partial charge in [0, 0.05) is 6.61 Å². The number of hydrogen-bond acceptors (Lipinski definition) is 3. The zero-order valence-corrected chi connectivity index (χ0v) is 15.5. The third-order valence-corrected chi connectivity index (χ3v) is 5.20. The Balaban J connectivity index is 2.52. The molecule has 0 heterocycles. The Kier molecular flexibility index (Phi) is 11.3. The predicted molar refractivity (Wildman–Crippen MR) is 101 cm³/mol. The highest BCUT2D eigenvalue weighted by atomic mass is 16.3. The summed E-state index contributed by atoms with van der Waals surface area (Å²) < 4.78 is 0. The van der Waals surface area contributed by atoms with E-state index in [1.807, 2.05) is 6.08 Å². The van der Waals surface area contributed by atoms with Gasteiger partial charge in [-0.1, -0.05) is 50.5 Å². The first kappa shape index (κ1) is 21.4. The summed E-state index contributed by atoms with van der Waals surface area (Å²) in [7, 11) is 0. The number of rotatable bonds is 12. The van der Waals surface area contributed by atoms with Crippen LogP contribution in [-0.2, 0) is 0 Å². The Bertz CT molecular complexity index is 354. The Morgan fingerprint density at radius 1 is 1.08 bits per heavy atom. The van der Waals surface area contributed by atoms with Crippen LogP contribution in [0.25, 0.3) is 0 Å². The molecule has 1 aliphatic rings. The fourth-order valence-electron chi connectivity index (χ4n) is 3.44. The van der Waals surface area contributed by atoms with E-state index in [9.17, 15) is 10.2 Å². The van der Waals surface area contributed by atoms with E-state index in [-0.39, 0.29) is 24.2 Å². The molecule has 0 aliphatic heterocycles. The second kappa shape index (κ2) is 12.7. The van der Waals surface area contributed by atoms with E-state index >= 15 is 0 Å². The molecular weight excluding hydrogens is 300 g/mol. The lowest BCUT2D eigenvalue weighted by atomic mass is 9.70. The molecule has 3 heteroatoms. The zero-order valence-electron chi connectivity index (χ0n) is 15.5. The average molecular weight is 339 g/mol. The lowest BCUT2D eigenvalue weighted by Crippen LogP contribution is -2.28. The molecule has 0 spiro atoms. The normalized spacial score (nSPS) is 26.4. The van der Waals surface area contributed by atoms with Crippen LogP contribution in [0.15, 0.2) is 24.3 Å². The van der Waals surface area contributed by atoms with Gasteiger partial charge in [0.15, 0.2) is 0 Å². The molecule has 1 rings (SSSR count). The minimum absolute atomic E-state index is 0.0957. The molecule has 1 unspecified atom stereocenters. The summed E-state index contributed by atoms with van der Waals surface area (Å²) in [4.78, 5) is 0. The van der Waals surface area contributed by atoms with Gasteiger partial charge in [-0.25, -0.2) is 0 Å². The van der Waals surface area contributed by atoms with Gasteiger partial charge in [0.1, 0.15) is 0 Å². The first-order valence-corrected chi connectivity index (χ1v) is 9.93. The predicted octanol–water partition coefficient (Wildman–Crippen LogP) is 4.51. The van der Waals surface area contributed by atoms with Crippen LogP contribution in [0.2, 0.25) is 0 Å². The minimum atomic E-state index is -0.339. The van der Waals surface area contributed by atoms with Crippen molar-refractivity contribution in [3.8, 4) is 0 Å². The Labute approximate surface area is 148 Å². The molecule has 0 aromatic rings. The van der Waals surface area contributed by atoms with E-state index in [4.69, 9.17) is 5.11 Å². The van der Waals surface area contributed by atoms with E-state index in [0.717, 1.165) is 64.2 Å². The molecule has 24 heavy (non-hydrogen) atoms. The largest absolute Gasteiger partial charge is 0.396 e. The van der Waals surface area contributed by atoms with Gasteiger partial charge in [-0.15, -0.1) is 0 Å². The van der Waals surface area contributed by atoms with Crippen molar-refractivity contribution in [2.24, 2.45) is 5.41 Å². The van der Waals surface area contributed by atoms with Gasteiger partial charge < -0.3 is 15.3 Å². The Morgan fingerprint density at radius 3 is 2.50 bits per heavy atom. The molecule has 1 atom stereocenters. The molecule has 0 aromatic carbocycles. The smallest absolute Gasteiger partial charge is 0.0721 e. The number of hydrogen-bond donors (Lipinski definition) is 3. The van der Waals surface area contributed by atoms with Crippen LogP contribution in [0.5, 0.6) is 0 Å². The lowest BCUT2D eigenvalue weighted by Gasteiger charge is -2.36. The molecule has 1 fully saturated rings. The van der Waals surface area contributed by atoms with Crippen molar-refractivity contribution in [2.45, 2.75) is 96.2 Å². The van der Waals surface area contributed by atoms with Crippen molar-refractivity contribution in [3.63, 3.8) is 0 Å². The highest BCUT2D eigenvalue weighted by molar-refractivity contribution is 5.07. The molecular formula is C21H38O3. The van der Waals surface area contributed by atoms with Crippen LogP contribution in [0.3, 0.4) is 0 Å². The Hall–Kier alpha value is -0.640. The lowest BCUT2D eigenvalue weighted by molar-refractivity contribution is 0.0845. The number of allylic oxidation sites excluding steroid dienone is 3. The summed E-state index contributed by atoms with van der Waals surface area (Å²) in [5.74, 6) is 0. The van der Waals surface area contributed by atoms with E-state index in [0.29, 0.717) is 0 Å². The minimum Gasteiger partial charge on any atom is -0.396 e. The molecule has 0 amide bonds. The molecule has 1 aliphatic carbocycles. The molecule has 0 aromatic heterocycles. The highest BCUT2D eigenvalue weighted by Gasteiger charge is 2.31. The van der Waals surface area contributed by atoms with E-state index in [2.05, 4.69) is 25.2 Å². The van der Waals surface area contributed by atoms with Crippen molar-refractivity contribution in [2.75, 3.05) is 6.61 Å². The topological polar surface area (TPSA) is 60.7 Å². The zero-order chi connectivity index (χ0) is 17.7. The first-order valence-electron chi connectivity index (χ1n) is 9.93. The fraction of sp³-hybridized carbons (Fsp3) is 0.810. The van der Waals surface area contributed by atoms with Crippen LogP contribution in [0.4, 0.5) is 0 Å². The molecule has 1 saturated carbocycles. The van der Waals surface area contributed by atoms with Crippen molar-refractivity contribution in [1.29, 1.82) is 0 Å². The van der Waals surface area contributed by atoms with Crippen molar-refractivity contribution < 1.29 is 15.3 Å². The maximum absolute atomic E-state index is 10.2. The molecule has 0 saturated heterocycles. The van der Waals surface area contributed by atoms with Crippen LogP contribution in [0, 0.1) is 5.41 Å². The number of unbranched alkanes of at least 4 members (excludes halogenated alkanes) is 4. The second-order valence-corrected chi connectivity index (χ2v) is 7.41. The van der Waals surface area contributed by atoms with Gasteiger partial charge >= 0.3 is 0 Å².